The minimum Gasteiger partial charge on any atom is -0.499 e. The van der Waals surface area contributed by atoms with Crippen LogP contribution >= 0.6 is 0 Å². The van der Waals surface area contributed by atoms with Crippen LogP contribution in [0.4, 0.5) is 0 Å². The SMILES string of the molecule is CCCCCCCCCCCCCC/C=C\OCCN=O. The van der Waals surface area contributed by atoms with E-state index in [9.17, 15) is 4.91 Å². The van der Waals surface area contributed by atoms with Crippen LogP contribution in [-0.4, -0.2) is 13.2 Å². The van der Waals surface area contributed by atoms with Gasteiger partial charge in [-0.05, 0) is 18.9 Å². The minimum atomic E-state index is 0.239. The average molecular weight is 297 g/mol. The fourth-order valence-electron chi connectivity index (χ4n) is 2.40. The van der Waals surface area contributed by atoms with Crippen LogP contribution in [0.5, 0.6) is 0 Å². The number of hydrogen-bond donors (Lipinski definition) is 0. The van der Waals surface area contributed by atoms with Crippen molar-refractivity contribution in [2.45, 2.75) is 90.4 Å². The molecule has 0 amide bonds. The Morgan fingerprint density at radius 2 is 1.33 bits per heavy atom. The van der Waals surface area contributed by atoms with Gasteiger partial charge in [0, 0.05) is 0 Å². The van der Waals surface area contributed by atoms with E-state index >= 15 is 0 Å². The van der Waals surface area contributed by atoms with Crippen LogP contribution in [0.1, 0.15) is 90.4 Å². The summed E-state index contributed by atoms with van der Waals surface area (Å²) in [6.45, 7) is 2.91. The van der Waals surface area contributed by atoms with Gasteiger partial charge in [0.1, 0.15) is 13.2 Å². The standard InChI is InChI=1S/C18H35NO2/c1-2-3-4-5-6-7-8-9-10-11-12-13-14-15-17-21-18-16-19-20/h15,17H,2-14,16,18H2,1H3/b17-15-. The van der Waals surface area contributed by atoms with Gasteiger partial charge in [0.15, 0.2) is 0 Å². The smallest absolute Gasteiger partial charge is 0.115 e. The van der Waals surface area contributed by atoms with E-state index in [1.807, 2.05) is 6.08 Å². The quantitative estimate of drug-likeness (QED) is 0.178. The van der Waals surface area contributed by atoms with Crippen molar-refractivity contribution in [1.82, 2.24) is 0 Å². The van der Waals surface area contributed by atoms with Crippen LogP contribution in [0.15, 0.2) is 17.5 Å². The molecule has 0 radical (unpaired) electrons. The second-order valence-corrected chi connectivity index (χ2v) is 5.77. The molecule has 0 aromatic rings. The highest BCUT2D eigenvalue weighted by molar-refractivity contribution is 4.73. The largest absolute Gasteiger partial charge is 0.499 e. The average Bonchev–Trinajstić information content (AvgIpc) is 2.50. The van der Waals surface area contributed by atoms with E-state index in [1.165, 1.54) is 77.0 Å². The molecule has 0 unspecified atom stereocenters. The predicted octanol–water partition coefficient (Wildman–Crippen LogP) is 6.37. The third-order valence-electron chi connectivity index (χ3n) is 3.72. The van der Waals surface area contributed by atoms with Gasteiger partial charge in [0.25, 0.3) is 0 Å². The molecule has 0 aliphatic rings. The van der Waals surface area contributed by atoms with Crippen molar-refractivity contribution in [3.8, 4) is 0 Å². The van der Waals surface area contributed by atoms with Gasteiger partial charge in [-0.3, -0.25) is 0 Å². The zero-order valence-corrected chi connectivity index (χ0v) is 14.0. The molecule has 0 aromatic heterocycles. The molecule has 0 N–H and O–H groups in total. The molecule has 0 aliphatic carbocycles. The molecule has 0 saturated carbocycles. The number of hydrogen-bond acceptors (Lipinski definition) is 3. The van der Waals surface area contributed by atoms with Gasteiger partial charge in [-0.25, -0.2) is 0 Å². The second kappa shape index (κ2) is 19.1. The fraction of sp³-hybridized carbons (Fsp3) is 0.889. The maximum Gasteiger partial charge on any atom is 0.115 e. The number of unbranched alkanes of at least 4 members (excludes halogenated alkanes) is 12. The third kappa shape index (κ3) is 19.1. The summed E-state index contributed by atoms with van der Waals surface area (Å²) >= 11 is 0. The summed E-state index contributed by atoms with van der Waals surface area (Å²) in [6.07, 6.45) is 21.4. The molecule has 0 aromatic carbocycles. The van der Waals surface area contributed by atoms with Crippen molar-refractivity contribution in [2.75, 3.05) is 13.2 Å². The van der Waals surface area contributed by atoms with E-state index in [-0.39, 0.29) is 6.54 Å². The van der Waals surface area contributed by atoms with Crippen molar-refractivity contribution < 1.29 is 4.74 Å². The zero-order chi connectivity index (χ0) is 15.4. The summed E-state index contributed by atoms with van der Waals surface area (Å²) in [6, 6.07) is 0. The second-order valence-electron chi connectivity index (χ2n) is 5.77. The number of ether oxygens (including phenoxy) is 1. The highest BCUT2D eigenvalue weighted by atomic mass is 16.5. The summed E-state index contributed by atoms with van der Waals surface area (Å²) in [5.74, 6) is 0. The van der Waals surface area contributed by atoms with Gasteiger partial charge >= 0.3 is 0 Å². The number of nitrogens with zero attached hydrogens (tertiary/aromatic N) is 1. The van der Waals surface area contributed by atoms with Gasteiger partial charge in [-0.15, -0.1) is 0 Å². The maximum absolute atomic E-state index is 9.81. The highest BCUT2D eigenvalue weighted by Crippen LogP contribution is 2.12. The van der Waals surface area contributed by atoms with Gasteiger partial charge in [0.2, 0.25) is 0 Å². The van der Waals surface area contributed by atoms with E-state index in [1.54, 1.807) is 6.26 Å². The Labute approximate surface area is 131 Å². The van der Waals surface area contributed by atoms with Gasteiger partial charge < -0.3 is 4.74 Å². The molecule has 124 valence electrons. The van der Waals surface area contributed by atoms with Gasteiger partial charge in [-0.1, -0.05) is 82.7 Å². The van der Waals surface area contributed by atoms with Crippen LogP contribution in [0.3, 0.4) is 0 Å². The lowest BCUT2D eigenvalue weighted by Crippen LogP contribution is -1.90. The summed E-state index contributed by atoms with van der Waals surface area (Å²) in [5.41, 5.74) is 0. The summed E-state index contributed by atoms with van der Waals surface area (Å²) in [4.78, 5) is 9.81. The first-order valence-corrected chi connectivity index (χ1v) is 8.97. The lowest BCUT2D eigenvalue weighted by Gasteiger charge is -2.02. The monoisotopic (exact) mass is 297 g/mol. The highest BCUT2D eigenvalue weighted by Gasteiger charge is 1.93. The Hall–Kier alpha value is -0.860. The molecule has 0 spiro atoms. The Morgan fingerprint density at radius 3 is 1.86 bits per heavy atom. The van der Waals surface area contributed by atoms with Gasteiger partial charge in [0.05, 0.1) is 6.26 Å². The Balaban J connectivity index is 3.00. The molecular weight excluding hydrogens is 262 g/mol. The molecule has 0 bridgehead atoms. The van der Waals surface area contributed by atoms with E-state index in [4.69, 9.17) is 4.74 Å². The first-order chi connectivity index (χ1) is 10.4. The van der Waals surface area contributed by atoms with E-state index in [0.29, 0.717) is 6.61 Å². The molecular formula is C18H35NO2. The lowest BCUT2D eigenvalue weighted by atomic mass is 10.0. The molecule has 0 rings (SSSR count). The van der Waals surface area contributed by atoms with Crippen LogP contribution in [-0.2, 0) is 4.74 Å². The minimum absolute atomic E-state index is 0.239. The van der Waals surface area contributed by atoms with E-state index < -0.39 is 0 Å². The van der Waals surface area contributed by atoms with Crippen LogP contribution < -0.4 is 0 Å². The molecule has 0 aliphatic heterocycles. The van der Waals surface area contributed by atoms with Crippen molar-refractivity contribution in [3.05, 3.63) is 17.2 Å². The first kappa shape index (κ1) is 20.1. The molecule has 0 saturated heterocycles. The van der Waals surface area contributed by atoms with Crippen LogP contribution in [0.2, 0.25) is 0 Å². The lowest BCUT2D eigenvalue weighted by molar-refractivity contribution is 0.258. The predicted molar refractivity (Wildman–Crippen MR) is 91.4 cm³/mol. The molecule has 3 heteroatoms. The molecule has 0 fully saturated rings. The van der Waals surface area contributed by atoms with Crippen molar-refractivity contribution in [3.63, 3.8) is 0 Å². The normalized spacial score (nSPS) is 11.1. The van der Waals surface area contributed by atoms with Crippen molar-refractivity contribution in [2.24, 2.45) is 5.18 Å². The molecule has 0 atom stereocenters. The van der Waals surface area contributed by atoms with Crippen LogP contribution in [0, 0.1) is 4.91 Å². The topological polar surface area (TPSA) is 38.7 Å². The Kier molecular flexibility index (Phi) is 18.4. The first-order valence-electron chi connectivity index (χ1n) is 8.97. The van der Waals surface area contributed by atoms with E-state index in [2.05, 4.69) is 12.1 Å². The number of nitroso groups, excluding NO2 is 1. The summed E-state index contributed by atoms with van der Waals surface area (Å²) in [7, 11) is 0. The van der Waals surface area contributed by atoms with E-state index in [0.717, 1.165) is 6.42 Å². The Morgan fingerprint density at radius 1 is 0.810 bits per heavy atom. The van der Waals surface area contributed by atoms with Crippen molar-refractivity contribution >= 4 is 0 Å². The number of rotatable bonds is 17. The third-order valence-corrected chi connectivity index (χ3v) is 3.72. The van der Waals surface area contributed by atoms with Gasteiger partial charge in [-0.2, -0.15) is 4.91 Å². The van der Waals surface area contributed by atoms with Crippen LogP contribution in [0.25, 0.3) is 0 Å². The molecule has 3 nitrogen and oxygen atoms in total. The molecule has 0 heterocycles. The molecule has 21 heavy (non-hydrogen) atoms. The van der Waals surface area contributed by atoms with Crippen molar-refractivity contribution in [1.29, 1.82) is 0 Å². The maximum atomic E-state index is 9.81. The zero-order valence-electron chi connectivity index (χ0n) is 14.0. The summed E-state index contributed by atoms with van der Waals surface area (Å²) < 4.78 is 5.11. The number of allylic oxidation sites excluding steroid dienone is 1. The fourth-order valence-corrected chi connectivity index (χ4v) is 2.40. The Bertz CT molecular complexity index is 229. The summed E-state index contributed by atoms with van der Waals surface area (Å²) in [5, 5.41) is 2.73.